The van der Waals surface area contributed by atoms with E-state index in [-0.39, 0.29) is 55.5 Å². The van der Waals surface area contributed by atoms with Crippen molar-refractivity contribution in [2.24, 2.45) is 5.92 Å². The summed E-state index contributed by atoms with van der Waals surface area (Å²) in [5.41, 5.74) is 4.41. The molecule has 0 bridgehead atoms. The highest BCUT2D eigenvalue weighted by Gasteiger charge is 2.59. The van der Waals surface area contributed by atoms with Gasteiger partial charge in [0, 0.05) is 67.7 Å². The molecule has 6 heterocycles. The molecule has 2 saturated heterocycles. The molecule has 302 valence electrons. The topological polar surface area (TPSA) is 161 Å². The molecule has 10 rings (SSSR count). The summed E-state index contributed by atoms with van der Waals surface area (Å²) in [5.74, 6) is 0.0556. The predicted molar refractivity (Wildman–Crippen MR) is 218 cm³/mol. The zero-order valence-electron chi connectivity index (χ0n) is 32.9. The lowest BCUT2D eigenvalue weighted by Crippen LogP contribution is -2.43. The van der Waals surface area contributed by atoms with Crippen LogP contribution in [-0.2, 0) is 34.6 Å². The summed E-state index contributed by atoms with van der Waals surface area (Å²) in [6.07, 6.45) is 2.75. The fraction of sp³-hybridized carbons (Fsp3) is 0.364. The van der Waals surface area contributed by atoms with E-state index in [1.807, 2.05) is 65.2 Å². The van der Waals surface area contributed by atoms with Crippen LogP contribution < -0.4 is 21.1 Å². The van der Waals surface area contributed by atoms with Gasteiger partial charge in [0.1, 0.15) is 11.2 Å². The molecule has 4 aliphatic rings. The Balaban J connectivity index is 1.07. The van der Waals surface area contributed by atoms with Crippen LogP contribution in [0.25, 0.3) is 16.6 Å². The van der Waals surface area contributed by atoms with Crippen LogP contribution in [0.5, 0.6) is 0 Å². The van der Waals surface area contributed by atoms with E-state index in [1.165, 1.54) is 10.1 Å². The van der Waals surface area contributed by atoms with Crippen molar-refractivity contribution in [3.63, 3.8) is 0 Å². The van der Waals surface area contributed by atoms with Crippen LogP contribution in [-0.4, -0.2) is 81.1 Å². The maximum Gasteiger partial charge on any atom is 0.438 e. The van der Waals surface area contributed by atoms with Crippen LogP contribution in [0.3, 0.4) is 0 Å². The molecule has 1 saturated carbocycles. The van der Waals surface area contributed by atoms with Gasteiger partial charge in [0.25, 0.3) is 11.5 Å². The Morgan fingerprint density at radius 2 is 1.71 bits per heavy atom. The number of rotatable bonds is 9. The SMILES string of the molecule is COCc1ccccc1-n1c(N2CCN(c3ccccc3)C2=O)nc2c(c1=O)CCN(C(=O)c1cc3cc(C4CCOCC4)ccc3n1C1(c3noc(=O)[nH]3)C[C@@H]1C)C2. The third-order valence-electron chi connectivity index (χ3n) is 12.6. The summed E-state index contributed by atoms with van der Waals surface area (Å²) in [6, 6.07) is 24.9. The molecule has 1 aliphatic carbocycles. The summed E-state index contributed by atoms with van der Waals surface area (Å²) in [5, 5.41) is 5.05. The van der Waals surface area contributed by atoms with E-state index in [9.17, 15) is 14.4 Å². The number of ether oxygens (including phenoxy) is 2. The van der Waals surface area contributed by atoms with Crippen LogP contribution in [0.2, 0.25) is 0 Å². The molecule has 15 heteroatoms. The number of methoxy groups -OCH3 is 1. The molecule has 0 radical (unpaired) electrons. The van der Waals surface area contributed by atoms with Crippen molar-refractivity contribution in [1.29, 1.82) is 0 Å². The number of nitrogens with zero attached hydrogens (tertiary/aromatic N) is 7. The molecule has 6 aromatic rings. The second-order valence-corrected chi connectivity index (χ2v) is 16.0. The van der Waals surface area contributed by atoms with Gasteiger partial charge in [0.15, 0.2) is 5.82 Å². The summed E-state index contributed by atoms with van der Waals surface area (Å²) < 4.78 is 19.7. The average molecular weight is 797 g/mol. The van der Waals surface area contributed by atoms with Gasteiger partial charge in [-0.25, -0.2) is 19.1 Å². The fourth-order valence-corrected chi connectivity index (χ4v) is 9.46. The Labute approximate surface area is 338 Å². The zero-order valence-corrected chi connectivity index (χ0v) is 32.9. The van der Waals surface area contributed by atoms with E-state index < -0.39 is 11.3 Å². The van der Waals surface area contributed by atoms with Crippen LogP contribution >= 0.6 is 0 Å². The number of amides is 3. The molecule has 59 heavy (non-hydrogen) atoms. The van der Waals surface area contributed by atoms with Crippen molar-refractivity contribution >= 4 is 34.5 Å². The molecule has 0 spiro atoms. The first-order valence-electron chi connectivity index (χ1n) is 20.2. The second kappa shape index (κ2) is 14.5. The molecule has 3 aliphatic heterocycles. The number of benzene rings is 3. The lowest BCUT2D eigenvalue weighted by Gasteiger charge is -2.31. The van der Waals surface area contributed by atoms with Gasteiger partial charge in [-0.3, -0.25) is 28.9 Å². The van der Waals surface area contributed by atoms with Crippen molar-refractivity contribution in [2.75, 3.05) is 49.8 Å². The number of urea groups is 1. The van der Waals surface area contributed by atoms with Crippen molar-refractivity contribution in [1.82, 2.24) is 29.2 Å². The monoisotopic (exact) mass is 796 g/mol. The number of carbonyl (C=O) groups is 2. The Bertz CT molecular complexity index is 2730. The summed E-state index contributed by atoms with van der Waals surface area (Å²) in [4.78, 5) is 69.2. The smallest absolute Gasteiger partial charge is 0.381 e. The standard InChI is InChI=1S/C44H44N8O7/c1-27-24-44(27,40-46-42(55)59-47-40)52-36-13-12-29(28-15-20-58-21-16-28)22-31(36)23-37(52)39(54)48-17-14-33-34(25-48)45-41(50-19-18-49(43(50)56)32-9-4-3-5-10-32)51(38(33)53)35-11-7-6-8-30(35)26-57-2/h3-13,22-23,27-28H,14-21,24-26H2,1-2H3,(H,46,47,55)/t27-,44?/m0/s1. The zero-order chi connectivity index (χ0) is 40.4. The largest absolute Gasteiger partial charge is 0.438 e. The number of aromatic amines is 1. The van der Waals surface area contributed by atoms with Crippen LogP contribution in [0.15, 0.2) is 93.0 Å². The van der Waals surface area contributed by atoms with Crippen molar-refractivity contribution in [3.05, 3.63) is 134 Å². The molecule has 3 fully saturated rings. The third kappa shape index (κ3) is 6.09. The summed E-state index contributed by atoms with van der Waals surface area (Å²) in [7, 11) is 1.60. The molecule has 1 unspecified atom stereocenters. The Morgan fingerprint density at radius 1 is 0.949 bits per heavy atom. The Hall–Kier alpha value is -6.32. The molecular formula is C44H44N8O7. The number of para-hydroxylation sites is 2. The highest BCUT2D eigenvalue weighted by Crippen LogP contribution is 2.56. The maximum absolute atomic E-state index is 15.1. The van der Waals surface area contributed by atoms with Gasteiger partial charge in [-0.15, -0.1) is 0 Å². The molecule has 15 nitrogen and oxygen atoms in total. The Kier molecular flexibility index (Phi) is 9.09. The number of hydrogen-bond donors (Lipinski definition) is 1. The maximum atomic E-state index is 15.1. The number of hydrogen-bond acceptors (Lipinski definition) is 9. The van der Waals surface area contributed by atoms with E-state index in [1.54, 1.807) is 21.8 Å². The van der Waals surface area contributed by atoms with Gasteiger partial charge in [-0.05, 0) is 79.5 Å². The first kappa shape index (κ1) is 37.0. The lowest BCUT2D eigenvalue weighted by molar-refractivity contribution is 0.0717. The van der Waals surface area contributed by atoms with Crippen LogP contribution in [0.4, 0.5) is 16.4 Å². The van der Waals surface area contributed by atoms with Gasteiger partial charge in [-0.2, -0.15) is 0 Å². The first-order valence-corrected chi connectivity index (χ1v) is 20.2. The molecule has 3 amide bonds. The van der Waals surface area contributed by atoms with Crippen molar-refractivity contribution < 1.29 is 23.6 Å². The van der Waals surface area contributed by atoms with E-state index in [2.05, 4.69) is 35.3 Å². The van der Waals surface area contributed by atoms with E-state index in [4.69, 9.17) is 19.0 Å². The van der Waals surface area contributed by atoms with Gasteiger partial charge in [-0.1, -0.05) is 54.5 Å². The molecule has 3 aromatic carbocycles. The summed E-state index contributed by atoms with van der Waals surface area (Å²) >= 11 is 0. The first-order chi connectivity index (χ1) is 28.8. The minimum atomic E-state index is -0.803. The van der Waals surface area contributed by atoms with Crippen molar-refractivity contribution in [3.8, 4) is 5.69 Å². The number of carbonyl (C=O) groups excluding carboxylic acids is 2. The molecule has 2 atom stereocenters. The van der Waals surface area contributed by atoms with Gasteiger partial charge >= 0.3 is 11.8 Å². The van der Waals surface area contributed by atoms with Crippen LogP contribution in [0, 0.1) is 5.92 Å². The van der Waals surface area contributed by atoms with E-state index >= 15 is 4.79 Å². The number of aromatic nitrogens is 5. The highest BCUT2D eigenvalue weighted by atomic mass is 16.5. The number of nitrogens with one attached hydrogen (secondary N) is 1. The lowest BCUT2D eigenvalue weighted by atomic mass is 9.91. The molecule has 1 N–H and O–H groups in total. The number of anilines is 2. The van der Waals surface area contributed by atoms with Crippen molar-refractivity contribution in [2.45, 2.75) is 57.2 Å². The normalized spacial score (nSPS) is 20.7. The quantitative estimate of drug-likeness (QED) is 0.204. The van der Waals surface area contributed by atoms with E-state index in [0.717, 1.165) is 35.0 Å². The summed E-state index contributed by atoms with van der Waals surface area (Å²) in [6.45, 7) is 4.76. The van der Waals surface area contributed by atoms with Gasteiger partial charge in [0.2, 0.25) is 5.95 Å². The molecular weight excluding hydrogens is 753 g/mol. The molecule has 3 aromatic heterocycles. The van der Waals surface area contributed by atoms with Gasteiger partial charge in [0.05, 0.1) is 24.5 Å². The van der Waals surface area contributed by atoms with E-state index in [0.29, 0.717) is 67.1 Å². The number of fused-ring (bicyclic) bond motifs is 2. The number of H-pyrrole nitrogens is 1. The minimum absolute atomic E-state index is 0.0415. The minimum Gasteiger partial charge on any atom is -0.381 e. The third-order valence-corrected chi connectivity index (χ3v) is 12.6. The fourth-order valence-electron chi connectivity index (χ4n) is 9.46. The van der Waals surface area contributed by atoms with Crippen LogP contribution in [0.1, 0.15) is 70.8 Å². The highest BCUT2D eigenvalue weighted by molar-refractivity contribution is 6.05. The second-order valence-electron chi connectivity index (χ2n) is 16.0. The average Bonchev–Trinajstić information content (AvgIpc) is 3.59. The predicted octanol–water partition coefficient (Wildman–Crippen LogP) is 5.33. The Morgan fingerprint density at radius 3 is 2.46 bits per heavy atom. The van der Waals surface area contributed by atoms with Gasteiger partial charge < -0.3 is 18.9 Å².